The van der Waals surface area contributed by atoms with Crippen molar-refractivity contribution in [1.29, 1.82) is 0 Å². The van der Waals surface area contributed by atoms with Gasteiger partial charge < -0.3 is 10.1 Å². The monoisotopic (exact) mass is 273 g/mol. The number of nitrogens with one attached hydrogen (secondary N) is 1. The van der Waals surface area contributed by atoms with Crippen LogP contribution in [0.4, 0.5) is 4.39 Å². The molecule has 2 rings (SSSR count). The summed E-state index contributed by atoms with van der Waals surface area (Å²) in [5, 5.41) is 3.24. The Kier molecular flexibility index (Phi) is 4.74. The summed E-state index contributed by atoms with van der Waals surface area (Å²) in [6, 6.07) is 13.0. The zero-order valence-corrected chi connectivity index (χ0v) is 12.1. The summed E-state index contributed by atoms with van der Waals surface area (Å²) in [7, 11) is 3.55. The number of aryl methyl sites for hydroxylation is 1. The van der Waals surface area contributed by atoms with E-state index in [0.29, 0.717) is 12.0 Å². The lowest BCUT2D eigenvalue weighted by Gasteiger charge is -2.18. The second-order valence-corrected chi connectivity index (χ2v) is 4.87. The molecule has 1 unspecified atom stereocenters. The summed E-state index contributed by atoms with van der Waals surface area (Å²) in [6.45, 7) is 2.01. The number of benzene rings is 2. The van der Waals surface area contributed by atoms with Crippen LogP contribution < -0.4 is 10.1 Å². The molecule has 0 heterocycles. The van der Waals surface area contributed by atoms with Crippen LogP contribution in [0.3, 0.4) is 0 Å². The smallest absolute Gasteiger partial charge is 0.126 e. The van der Waals surface area contributed by atoms with Crippen LogP contribution in [0.2, 0.25) is 0 Å². The molecule has 0 aliphatic carbocycles. The van der Waals surface area contributed by atoms with Gasteiger partial charge >= 0.3 is 0 Å². The minimum Gasteiger partial charge on any atom is -0.496 e. The number of ether oxygens (including phenoxy) is 1. The maximum absolute atomic E-state index is 13.8. The molecule has 20 heavy (non-hydrogen) atoms. The number of halogens is 1. The van der Waals surface area contributed by atoms with E-state index < -0.39 is 0 Å². The Balaban J connectivity index is 2.26. The van der Waals surface area contributed by atoms with Gasteiger partial charge in [-0.15, -0.1) is 0 Å². The van der Waals surface area contributed by atoms with E-state index in [1.54, 1.807) is 13.2 Å². The predicted octanol–water partition coefficient (Wildman–Crippen LogP) is 3.65. The predicted molar refractivity (Wildman–Crippen MR) is 79.6 cm³/mol. The van der Waals surface area contributed by atoms with E-state index in [0.717, 1.165) is 16.9 Å². The van der Waals surface area contributed by atoms with Gasteiger partial charge in [0.15, 0.2) is 0 Å². The first-order chi connectivity index (χ1) is 9.65. The highest BCUT2D eigenvalue weighted by Gasteiger charge is 2.14. The first-order valence-electron chi connectivity index (χ1n) is 6.71. The maximum Gasteiger partial charge on any atom is 0.126 e. The molecule has 0 radical (unpaired) electrons. The van der Waals surface area contributed by atoms with Gasteiger partial charge in [-0.2, -0.15) is 0 Å². The van der Waals surface area contributed by atoms with Crippen LogP contribution in [0.25, 0.3) is 0 Å². The molecule has 0 aromatic heterocycles. The second kappa shape index (κ2) is 6.53. The number of likely N-dealkylation sites (N-methyl/N-ethyl adjacent to an activating group) is 1. The molecule has 0 aliphatic rings. The molecule has 0 saturated heterocycles. The van der Waals surface area contributed by atoms with Crippen molar-refractivity contribution < 1.29 is 9.13 Å². The first kappa shape index (κ1) is 14.5. The van der Waals surface area contributed by atoms with Gasteiger partial charge in [0.1, 0.15) is 11.6 Å². The lowest BCUT2D eigenvalue weighted by atomic mass is 9.97. The van der Waals surface area contributed by atoms with Crippen LogP contribution in [-0.2, 0) is 6.42 Å². The average Bonchev–Trinajstić information content (AvgIpc) is 2.47. The zero-order valence-electron chi connectivity index (χ0n) is 12.1. The molecule has 1 atom stereocenters. The normalized spacial score (nSPS) is 12.2. The Morgan fingerprint density at radius 3 is 2.60 bits per heavy atom. The van der Waals surface area contributed by atoms with Gasteiger partial charge in [-0.3, -0.25) is 0 Å². The minimum atomic E-state index is -0.160. The fourth-order valence-electron chi connectivity index (χ4n) is 2.32. The number of rotatable bonds is 5. The fraction of sp³-hybridized carbons (Fsp3) is 0.294. The number of hydrogen-bond donors (Lipinski definition) is 1. The van der Waals surface area contributed by atoms with E-state index in [9.17, 15) is 4.39 Å². The van der Waals surface area contributed by atoms with Crippen molar-refractivity contribution >= 4 is 0 Å². The molecule has 2 aromatic rings. The van der Waals surface area contributed by atoms with E-state index in [1.165, 1.54) is 6.07 Å². The lowest BCUT2D eigenvalue weighted by Crippen LogP contribution is -2.19. The molecule has 0 aliphatic heterocycles. The summed E-state index contributed by atoms with van der Waals surface area (Å²) < 4.78 is 19.1. The third-order valence-corrected chi connectivity index (χ3v) is 3.56. The Labute approximate surface area is 119 Å². The average molecular weight is 273 g/mol. The van der Waals surface area contributed by atoms with Gasteiger partial charge in [-0.05, 0) is 49.2 Å². The molecule has 2 aromatic carbocycles. The number of methoxy groups -OCH3 is 1. The van der Waals surface area contributed by atoms with Crippen LogP contribution in [0, 0.1) is 12.7 Å². The van der Waals surface area contributed by atoms with Crippen molar-refractivity contribution in [3.8, 4) is 5.75 Å². The van der Waals surface area contributed by atoms with Gasteiger partial charge in [-0.25, -0.2) is 4.39 Å². The lowest BCUT2D eigenvalue weighted by molar-refractivity contribution is 0.410. The first-order valence-corrected chi connectivity index (χ1v) is 6.71. The Bertz CT molecular complexity index is 583. The Morgan fingerprint density at radius 2 is 1.95 bits per heavy atom. The molecule has 0 bridgehead atoms. The minimum absolute atomic E-state index is 0.0569. The Hall–Kier alpha value is -1.87. The Morgan fingerprint density at radius 1 is 1.20 bits per heavy atom. The molecule has 0 spiro atoms. The van der Waals surface area contributed by atoms with Gasteiger partial charge in [-0.1, -0.05) is 30.3 Å². The van der Waals surface area contributed by atoms with Crippen LogP contribution in [0.15, 0.2) is 42.5 Å². The zero-order chi connectivity index (χ0) is 14.5. The summed E-state index contributed by atoms with van der Waals surface area (Å²) >= 11 is 0. The van der Waals surface area contributed by atoms with Gasteiger partial charge in [0.25, 0.3) is 0 Å². The van der Waals surface area contributed by atoms with Crippen LogP contribution >= 0.6 is 0 Å². The highest BCUT2D eigenvalue weighted by atomic mass is 19.1. The second-order valence-electron chi connectivity index (χ2n) is 4.87. The van der Waals surface area contributed by atoms with Gasteiger partial charge in [0, 0.05) is 6.04 Å². The molecule has 106 valence electrons. The molecule has 2 nitrogen and oxygen atoms in total. The number of hydrogen-bond acceptors (Lipinski definition) is 2. The van der Waals surface area contributed by atoms with E-state index in [2.05, 4.69) is 11.4 Å². The summed E-state index contributed by atoms with van der Waals surface area (Å²) in [4.78, 5) is 0. The largest absolute Gasteiger partial charge is 0.496 e. The molecule has 1 N–H and O–H groups in total. The summed E-state index contributed by atoms with van der Waals surface area (Å²) in [5.41, 5.74) is 2.90. The topological polar surface area (TPSA) is 21.3 Å². The van der Waals surface area contributed by atoms with Crippen molar-refractivity contribution in [3.63, 3.8) is 0 Å². The molecular weight excluding hydrogens is 253 g/mol. The van der Waals surface area contributed by atoms with Crippen LogP contribution in [0.1, 0.15) is 22.7 Å². The third kappa shape index (κ3) is 3.17. The SMILES string of the molecule is CNC(Cc1ccccc1F)c1ccc(C)c(OC)c1. The van der Waals surface area contributed by atoms with Gasteiger partial charge in [0.2, 0.25) is 0 Å². The van der Waals surface area contributed by atoms with Crippen molar-refractivity contribution in [2.75, 3.05) is 14.2 Å². The quantitative estimate of drug-likeness (QED) is 0.898. The third-order valence-electron chi connectivity index (χ3n) is 3.56. The van der Waals surface area contributed by atoms with E-state index in [4.69, 9.17) is 4.74 Å². The van der Waals surface area contributed by atoms with Crippen molar-refractivity contribution in [2.24, 2.45) is 0 Å². The van der Waals surface area contributed by atoms with Crippen molar-refractivity contribution in [2.45, 2.75) is 19.4 Å². The fourth-order valence-corrected chi connectivity index (χ4v) is 2.32. The molecular formula is C17H20FNO. The highest BCUT2D eigenvalue weighted by Crippen LogP contribution is 2.25. The van der Waals surface area contributed by atoms with Gasteiger partial charge in [0.05, 0.1) is 7.11 Å². The van der Waals surface area contributed by atoms with E-state index in [1.807, 2.05) is 38.2 Å². The van der Waals surface area contributed by atoms with E-state index in [-0.39, 0.29) is 11.9 Å². The summed E-state index contributed by atoms with van der Waals surface area (Å²) in [5.74, 6) is 0.697. The van der Waals surface area contributed by atoms with E-state index >= 15 is 0 Å². The van der Waals surface area contributed by atoms with Crippen molar-refractivity contribution in [3.05, 3.63) is 65.0 Å². The highest BCUT2D eigenvalue weighted by molar-refractivity contribution is 5.38. The summed E-state index contributed by atoms with van der Waals surface area (Å²) in [6.07, 6.45) is 0.607. The molecule has 0 amide bonds. The molecule has 0 fully saturated rings. The molecule has 3 heteroatoms. The van der Waals surface area contributed by atoms with Crippen molar-refractivity contribution in [1.82, 2.24) is 5.32 Å². The standard InChI is InChI=1S/C17H20FNO/c1-12-8-9-14(11-17(12)20-3)16(19-2)10-13-6-4-5-7-15(13)18/h4-9,11,16,19H,10H2,1-3H3. The molecule has 0 saturated carbocycles. The van der Waals surface area contributed by atoms with Crippen LogP contribution in [0.5, 0.6) is 5.75 Å². The maximum atomic E-state index is 13.8. The van der Waals surface area contributed by atoms with Crippen LogP contribution in [-0.4, -0.2) is 14.2 Å².